The fourth-order valence-corrected chi connectivity index (χ4v) is 0.917. The van der Waals surface area contributed by atoms with Gasteiger partial charge in [-0.3, -0.25) is 4.98 Å². The zero-order valence-corrected chi connectivity index (χ0v) is 7.09. The van der Waals surface area contributed by atoms with Crippen LogP contribution in [0.15, 0.2) is 18.3 Å². The van der Waals surface area contributed by atoms with E-state index in [1.165, 1.54) is 18.3 Å². The third-order valence-corrected chi connectivity index (χ3v) is 1.65. The van der Waals surface area contributed by atoms with Crippen molar-refractivity contribution in [2.24, 2.45) is 0 Å². The number of alkyl halides is 2. The standard InChI is InChI=1S/C9H11F2N/c1-6(2)8-5-7(9(10)11)3-4-12-8/h3-6,9H,1-2H3. The molecule has 3 heteroatoms. The maximum Gasteiger partial charge on any atom is 0.263 e. The third-order valence-electron chi connectivity index (χ3n) is 1.65. The smallest absolute Gasteiger partial charge is 0.261 e. The average molecular weight is 171 g/mol. The lowest BCUT2D eigenvalue weighted by Gasteiger charge is -2.05. The van der Waals surface area contributed by atoms with Gasteiger partial charge >= 0.3 is 0 Å². The molecule has 0 amide bonds. The molecule has 1 nitrogen and oxygen atoms in total. The highest BCUT2D eigenvalue weighted by Gasteiger charge is 2.08. The second kappa shape index (κ2) is 3.61. The van der Waals surface area contributed by atoms with Crippen molar-refractivity contribution >= 4 is 0 Å². The highest BCUT2D eigenvalue weighted by molar-refractivity contribution is 5.19. The van der Waals surface area contributed by atoms with Gasteiger partial charge in [0.25, 0.3) is 6.43 Å². The van der Waals surface area contributed by atoms with Crippen molar-refractivity contribution in [2.45, 2.75) is 26.2 Å². The van der Waals surface area contributed by atoms with Crippen LogP contribution < -0.4 is 0 Å². The number of hydrogen-bond donors (Lipinski definition) is 0. The van der Waals surface area contributed by atoms with Crippen LogP contribution in [-0.2, 0) is 0 Å². The first-order valence-corrected chi connectivity index (χ1v) is 3.85. The van der Waals surface area contributed by atoms with Gasteiger partial charge in [-0.2, -0.15) is 0 Å². The Hall–Kier alpha value is -0.990. The Morgan fingerprint density at radius 2 is 2.00 bits per heavy atom. The van der Waals surface area contributed by atoms with E-state index in [1.807, 2.05) is 13.8 Å². The number of hydrogen-bond acceptors (Lipinski definition) is 1. The number of pyridine rings is 1. The van der Waals surface area contributed by atoms with Gasteiger partial charge in [-0.25, -0.2) is 8.78 Å². The quantitative estimate of drug-likeness (QED) is 0.666. The highest BCUT2D eigenvalue weighted by atomic mass is 19.3. The number of halogens is 2. The molecule has 12 heavy (non-hydrogen) atoms. The van der Waals surface area contributed by atoms with Gasteiger partial charge in [-0.1, -0.05) is 13.8 Å². The molecule has 1 rings (SSSR count). The van der Waals surface area contributed by atoms with Crippen LogP contribution in [0.3, 0.4) is 0 Å². The fourth-order valence-electron chi connectivity index (χ4n) is 0.917. The first kappa shape index (κ1) is 9.10. The molecule has 0 aliphatic heterocycles. The van der Waals surface area contributed by atoms with Crippen molar-refractivity contribution in [1.29, 1.82) is 0 Å². The molecule has 0 unspecified atom stereocenters. The van der Waals surface area contributed by atoms with E-state index in [-0.39, 0.29) is 11.5 Å². The molecule has 0 fully saturated rings. The van der Waals surface area contributed by atoms with Crippen LogP contribution in [0.1, 0.15) is 37.4 Å². The topological polar surface area (TPSA) is 12.9 Å². The van der Waals surface area contributed by atoms with Crippen LogP contribution >= 0.6 is 0 Å². The summed E-state index contributed by atoms with van der Waals surface area (Å²) in [5, 5.41) is 0. The van der Waals surface area contributed by atoms with E-state index in [0.717, 1.165) is 0 Å². The van der Waals surface area contributed by atoms with Crippen molar-refractivity contribution in [1.82, 2.24) is 4.98 Å². The zero-order valence-electron chi connectivity index (χ0n) is 7.09. The summed E-state index contributed by atoms with van der Waals surface area (Å²) in [6.45, 7) is 3.86. The Labute approximate surface area is 70.4 Å². The van der Waals surface area contributed by atoms with Crippen LogP contribution in [0, 0.1) is 0 Å². The van der Waals surface area contributed by atoms with E-state index in [0.29, 0.717) is 5.69 Å². The molecular weight excluding hydrogens is 160 g/mol. The van der Waals surface area contributed by atoms with Crippen molar-refractivity contribution in [3.63, 3.8) is 0 Å². The Balaban J connectivity index is 2.96. The predicted molar refractivity (Wildman–Crippen MR) is 43.3 cm³/mol. The van der Waals surface area contributed by atoms with Crippen molar-refractivity contribution in [3.8, 4) is 0 Å². The fraction of sp³-hybridized carbons (Fsp3) is 0.444. The summed E-state index contributed by atoms with van der Waals surface area (Å²) >= 11 is 0. The molecule has 1 aromatic heterocycles. The number of rotatable bonds is 2. The predicted octanol–water partition coefficient (Wildman–Crippen LogP) is 3.14. The summed E-state index contributed by atoms with van der Waals surface area (Å²) in [6.07, 6.45) is -0.970. The van der Waals surface area contributed by atoms with E-state index < -0.39 is 6.43 Å². The van der Waals surface area contributed by atoms with Gasteiger partial charge < -0.3 is 0 Å². The molecule has 1 heterocycles. The van der Waals surface area contributed by atoms with Crippen LogP contribution in [0.4, 0.5) is 8.78 Å². The van der Waals surface area contributed by atoms with Crippen LogP contribution in [-0.4, -0.2) is 4.98 Å². The van der Waals surface area contributed by atoms with Crippen LogP contribution in [0.5, 0.6) is 0 Å². The second-order valence-electron chi connectivity index (χ2n) is 2.97. The summed E-state index contributed by atoms with van der Waals surface area (Å²) in [7, 11) is 0. The van der Waals surface area contributed by atoms with E-state index >= 15 is 0 Å². The van der Waals surface area contributed by atoms with Crippen molar-refractivity contribution in [3.05, 3.63) is 29.6 Å². The molecule has 0 saturated heterocycles. The molecule has 66 valence electrons. The maximum atomic E-state index is 12.2. The van der Waals surface area contributed by atoms with E-state index in [2.05, 4.69) is 4.98 Å². The Bertz CT molecular complexity index is 235. The van der Waals surface area contributed by atoms with Gasteiger partial charge in [-0.05, 0) is 18.1 Å². The molecule has 0 aliphatic rings. The summed E-state index contributed by atoms with van der Waals surface area (Å²) in [6, 6.07) is 2.80. The van der Waals surface area contributed by atoms with Gasteiger partial charge in [-0.15, -0.1) is 0 Å². The van der Waals surface area contributed by atoms with E-state index in [1.54, 1.807) is 0 Å². The Morgan fingerprint density at radius 3 is 2.50 bits per heavy atom. The molecule has 0 aromatic carbocycles. The molecule has 0 saturated carbocycles. The van der Waals surface area contributed by atoms with Crippen molar-refractivity contribution in [2.75, 3.05) is 0 Å². The van der Waals surface area contributed by atoms with Gasteiger partial charge in [0.15, 0.2) is 0 Å². The lowest BCUT2D eigenvalue weighted by molar-refractivity contribution is 0.151. The largest absolute Gasteiger partial charge is 0.263 e. The highest BCUT2D eigenvalue weighted by Crippen LogP contribution is 2.21. The summed E-state index contributed by atoms with van der Waals surface area (Å²) in [5.74, 6) is 0.198. The third kappa shape index (κ3) is 2.00. The van der Waals surface area contributed by atoms with Gasteiger partial charge in [0.05, 0.1) is 0 Å². The summed E-state index contributed by atoms with van der Waals surface area (Å²) in [5.41, 5.74) is 0.765. The average Bonchev–Trinajstić information content (AvgIpc) is 2.04. The van der Waals surface area contributed by atoms with Crippen LogP contribution in [0.25, 0.3) is 0 Å². The number of nitrogens with zero attached hydrogens (tertiary/aromatic N) is 1. The molecular formula is C9H11F2N. The normalized spacial score (nSPS) is 11.2. The van der Waals surface area contributed by atoms with Gasteiger partial charge in [0.2, 0.25) is 0 Å². The minimum Gasteiger partial charge on any atom is -0.261 e. The lowest BCUT2D eigenvalue weighted by Crippen LogP contribution is -1.94. The zero-order chi connectivity index (χ0) is 9.14. The lowest BCUT2D eigenvalue weighted by atomic mass is 10.1. The molecule has 0 bridgehead atoms. The number of aromatic nitrogens is 1. The molecule has 0 atom stereocenters. The van der Waals surface area contributed by atoms with E-state index in [9.17, 15) is 8.78 Å². The van der Waals surface area contributed by atoms with Gasteiger partial charge in [0, 0.05) is 17.5 Å². The second-order valence-corrected chi connectivity index (χ2v) is 2.97. The summed E-state index contributed by atoms with van der Waals surface area (Å²) in [4.78, 5) is 3.99. The first-order valence-electron chi connectivity index (χ1n) is 3.85. The van der Waals surface area contributed by atoms with Gasteiger partial charge in [0.1, 0.15) is 0 Å². The monoisotopic (exact) mass is 171 g/mol. The minimum absolute atomic E-state index is 0.0497. The Kier molecular flexibility index (Phi) is 2.74. The maximum absolute atomic E-state index is 12.2. The molecule has 0 spiro atoms. The molecule has 0 radical (unpaired) electrons. The molecule has 0 aliphatic carbocycles. The minimum atomic E-state index is -2.40. The first-order chi connectivity index (χ1) is 5.61. The molecule has 0 N–H and O–H groups in total. The summed E-state index contributed by atoms with van der Waals surface area (Å²) < 4.78 is 24.4. The van der Waals surface area contributed by atoms with Crippen molar-refractivity contribution < 1.29 is 8.78 Å². The SMILES string of the molecule is CC(C)c1cc(C(F)F)ccn1. The van der Waals surface area contributed by atoms with Crippen LogP contribution in [0.2, 0.25) is 0 Å². The Morgan fingerprint density at radius 1 is 1.33 bits per heavy atom. The van der Waals surface area contributed by atoms with E-state index in [4.69, 9.17) is 0 Å². The molecule has 1 aromatic rings.